The Hall–Kier alpha value is -3.73. The summed E-state index contributed by atoms with van der Waals surface area (Å²) in [5, 5.41) is 30.3. The fourth-order valence-corrected chi connectivity index (χ4v) is 5.77. The van der Waals surface area contributed by atoms with Crippen LogP contribution in [-0.4, -0.2) is 46.9 Å². The number of unbranched alkanes of at least 4 members (excludes halogenated alkanes) is 1. The molecule has 14 nitrogen and oxygen atoms in total. The van der Waals surface area contributed by atoms with Gasteiger partial charge < -0.3 is 5.11 Å². The minimum absolute atomic E-state index is 0.0436. The van der Waals surface area contributed by atoms with Crippen LogP contribution in [0.1, 0.15) is 63.0 Å². The number of carbonyl (C=O) groups is 1. The number of hydrogen-bond donors (Lipinski definition) is 3. The summed E-state index contributed by atoms with van der Waals surface area (Å²) >= 11 is 0. The first-order chi connectivity index (χ1) is 19.0. The maximum Gasteiger partial charge on any atom is 0.306 e. The monoisotopic (exact) mass is 614 g/mol. The maximum atomic E-state index is 11.5. The van der Waals surface area contributed by atoms with Crippen LogP contribution in [-0.2, 0) is 25.0 Å². The third kappa shape index (κ3) is 10.00. The standard InChI is InChI=1S/C14H10N2O10S2.C11H20O2/c17-15(18)11-5-3-9(13(7-11)27(21,22)23)1-2-10-4-6-12(16(19)20)8-14(10)28(24,25)26;1-2-3-4-9-5-7-10(8-6-9)11(12)13/h1-8H,(H,21,22,23)(H,24,25,26);9-10H,2-8H2,1H3,(H,12,13)/t;9-,10-. The first-order valence-electron chi connectivity index (χ1n) is 12.5. The number of non-ortho nitro benzene ring substituents is 2. The van der Waals surface area contributed by atoms with Crippen molar-refractivity contribution in [3.63, 3.8) is 0 Å². The molecule has 0 bridgehead atoms. The van der Waals surface area contributed by atoms with Crippen molar-refractivity contribution >= 4 is 49.7 Å². The van der Waals surface area contributed by atoms with Gasteiger partial charge >= 0.3 is 5.97 Å². The van der Waals surface area contributed by atoms with Crippen LogP contribution in [0.2, 0.25) is 0 Å². The maximum absolute atomic E-state index is 11.5. The van der Waals surface area contributed by atoms with Crippen LogP contribution in [0, 0.1) is 32.1 Å². The Morgan fingerprint density at radius 1 is 0.854 bits per heavy atom. The van der Waals surface area contributed by atoms with Crippen LogP contribution in [0.3, 0.4) is 0 Å². The second kappa shape index (κ2) is 14.2. The Morgan fingerprint density at radius 3 is 1.59 bits per heavy atom. The van der Waals surface area contributed by atoms with E-state index in [2.05, 4.69) is 6.92 Å². The zero-order valence-electron chi connectivity index (χ0n) is 22.0. The Morgan fingerprint density at radius 2 is 1.27 bits per heavy atom. The van der Waals surface area contributed by atoms with Gasteiger partial charge in [-0.1, -0.05) is 38.3 Å². The van der Waals surface area contributed by atoms with E-state index < -0.39 is 57.2 Å². The van der Waals surface area contributed by atoms with E-state index in [0.29, 0.717) is 12.1 Å². The number of carboxylic acids is 1. The highest BCUT2D eigenvalue weighted by Crippen LogP contribution is 2.32. The number of nitrogens with zero attached hydrogens (tertiary/aromatic N) is 2. The van der Waals surface area contributed by atoms with Gasteiger partial charge in [-0.3, -0.25) is 34.1 Å². The highest BCUT2D eigenvalue weighted by atomic mass is 32.2. The van der Waals surface area contributed by atoms with Gasteiger partial charge in [0.25, 0.3) is 31.6 Å². The zero-order chi connectivity index (χ0) is 31.0. The van der Waals surface area contributed by atoms with Gasteiger partial charge in [0.2, 0.25) is 0 Å². The molecule has 0 amide bonds. The second-order valence-electron chi connectivity index (χ2n) is 9.44. The quantitative estimate of drug-likeness (QED) is 0.135. The van der Waals surface area contributed by atoms with Gasteiger partial charge in [-0.25, -0.2) is 0 Å². The van der Waals surface area contributed by atoms with E-state index in [1.807, 2.05) is 0 Å². The van der Waals surface area contributed by atoms with Crippen molar-refractivity contribution in [2.75, 3.05) is 0 Å². The highest BCUT2D eigenvalue weighted by Gasteiger charge is 2.25. The predicted octanol–water partition coefficient (Wildman–Crippen LogP) is 5.23. The molecule has 16 heteroatoms. The molecule has 0 spiro atoms. The molecule has 0 aliphatic heterocycles. The number of benzene rings is 2. The first-order valence-corrected chi connectivity index (χ1v) is 15.3. The molecule has 0 saturated heterocycles. The second-order valence-corrected chi connectivity index (χ2v) is 12.2. The lowest BCUT2D eigenvalue weighted by Gasteiger charge is -2.25. The molecule has 3 N–H and O–H groups in total. The number of hydrogen-bond acceptors (Lipinski definition) is 9. The lowest BCUT2D eigenvalue weighted by molar-refractivity contribution is -0.385. The lowest BCUT2D eigenvalue weighted by atomic mass is 9.80. The minimum Gasteiger partial charge on any atom is -0.481 e. The van der Waals surface area contributed by atoms with Crippen LogP contribution in [0.5, 0.6) is 0 Å². The number of nitro groups is 2. The normalized spacial score (nSPS) is 17.4. The number of aliphatic carboxylic acids is 1. The van der Waals surface area contributed by atoms with Crippen molar-refractivity contribution in [3.8, 4) is 0 Å². The van der Waals surface area contributed by atoms with Crippen molar-refractivity contribution in [1.82, 2.24) is 0 Å². The molecule has 1 saturated carbocycles. The van der Waals surface area contributed by atoms with Crippen LogP contribution >= 0.6 is 0 Å². The number of carboxylic acid groups (broad SMARTS) is 1. The molecule has 1 aliphatic rings. The average molecular weight is 615 g/mol. The molecule has 3 rings (SSSR count). The summed E-state index contributed by atoms with van der Waals surface area (Å²) in [6.07, 6.45) is 9.97. The van der Waals surface area contributed by atoms with Crippen LogP contribution in [0.15, 0.2) is 46.2 Å². The Labute approximate surface area is 236 Å². The summed E-state index contributed by atoms with van der Waals surface area (Å²) in [5.41, 5.74) is -1.68. The lowest BCUT2D eigenvalue weighted by Crippen LogP contribution is -2.21. The summed E-state index contributed by atoms with van der Waals surface area (Å²) < 4.78 is 64.4. The van der Waals surface area contributed by atoms with E-state index in [4.69, 9.17) is 5.11 Å². The Balaban J connectivity index is 0.000000377. The fraction of sp³-hybridized carbons (Fsp3) is 0.400. The van der Waals surface area contributed by atoms with Crippen molar-refractivity contribution in [2.24, 2.45) is 11.8 Å². The summed E-state index contributed by atoms with van der Waals surface area (Å²) in [6, 6.07) is 5.11. The zero-order valence-corrected chi connectivity index (χ0v) is 23.6. The van der Waals surface area contributed by atoms with E-state index in [1.165, 1.54) is 19.3 Å². The van der Waals surface area contributed by atoms with Crippen molar-refractivity contribution in [3.05, 3.63) is 67.8 Å². The molecule has 0 atom stereocenters. The summed E-state index contributed by atoms with van der Waals surface area (Å²) in [5.74, 6) is 0.183. The molecule has 41 heavy (non-hydrogen) atoms. The molecule has 224 valence electrons. The third-order valence-electron chi connectivity index (χ3n) is 6.58. The largest absolute Gasteiger partial charge is 0.481 e. The molecule has 1 aliphatic carbocycles. The van der Waals surface area contributed by atoms with Gasteiger partial charge in [0, 0.05) is 24.3 Å². The number of rotatable bonds is 10. The van der Waals surface area contributed by atoms with E-state index in [9.17, 15) is 51.0 Å². The van der Waals surface area contributed by atoms with Crippen molar-refractivity contribution in [2.45, 2.75) is 61.7 Å². The van der Waals surface area contributed by atoms with Crippen molar-refractivity contribution < 1.29 is 45.7 Å². The topological polar surface area (TPSA) is 232 Å². The average Bonchev–Trinajstić information content (AvgIpc) is 2.90. The van der Waals surface area contributed by atoms with E-state index in [-0.39, 0.29) is 17.0 Å². The third-order valence-corrected chi connectivity index (χ3v) is 8.39. The predicted molar refractivity (Wildman–Crippen MR) is 147 cm³/mol. The van der Waals surface area contributed by atoms with Crippen LogP contribution < -0.4 is 0 Å². The summed E-state index contributed by atoms with van der Waals surface area (Å²) in [7, 11) is -9.73. The SMILES string of the molecule is CCCC[C@H]1CC[C@H](C(=O)O)CC1.O=[N+]([O-])c1ccc(C=Cc2ccc([N+](=O)[O-])cc2S(=O)(=O)O)c(S(=O)(=O)O)c1. The molecule has 2 aromatic rings. The van der Waals surface area contributed by atoms with Gasteiger partial charge in [0.05, 0.1) is 15.8 Å². The Bertz CT molecular complexity index is 1430. The van der Waals surface area contributed by atoms with Gasteiger partial charge in [0.15, 0.2) is 0 Å². The molecule has 2 aromatic carbocycles. The van der Waals surface area contributed by atoms with Gasteiger partial charge in [-0.05, 0) is 54.9 Å². The molecule has 1 fully saturated rings. The molecule has 0 aromatic heterocycles. The van der Waals surface area contributed by atoms with E-state index in [1.54, 1.807) is 0 Å². The summed E-state index contributed by atoms with van der Waals surface area (Å²) in [6.45, 7) is 2.21. The first kappa shape index (κ1) is 33.5. The molecular formula is C25H30N2O12S2. The number of nitro benzene ring substituents is 2. The van der Waals surface area contributed by atoms with Crippen LogP contribution in [0.25, 0.3) is 12.2 Å². The highest BCUT2D eigenvalue weighted by molar-refractivity contribution is 7.86. The van der Waals surface area contributed by atoms with Crippen molar-refractivity contribution in [1.29, 1.82) is 0 Å². The van der Waals surface area contributed by atoms with Gasteiger partial charge in [-0.2, -0.15) is 16.8 Å². The van der Waals surface area contributed by atoms with E-state index in [0.717, 1.165) is 68.0 Å². The Kier molecular flexibility index (Phi) is 11.6. The molecule has 0 unspecified atom stereocenters. The molecular weight excluding hydrogens is 584 g/mol. The fourth-order valence-electron chi connectivity index (χ4n) is 4.37. The smallest absolute Gasteiger partial charge is 0.306 e. The molecule has 0 heterocycles. The van der Waals surface area contributed by atoms with Crippen LogP contribution in [0.4, 0.5) is 11.4 Å². The minimum atomic E-state index is -4.86. The summed E-state index contributed by atoms with van der Waals surface area (Å²) in [4.78, 5) is 28.8. The molecule has 0 radical (unpaired) electrons. The van der Waals surface area contributed by atoms with E-state index >= 15 is 0 Å². The van der Waals surface area contributed by atoms with Gasteiger partial charge in [-0.15, -0.1) is 0 Å². The van der Waals surface area contributed by atoms with Gasteiger partial charge in [0.1, 0.15) is 9.79 Å².